The van der Waals surface area contributed by atoms with Gasteiger partial charge in [-0.3, -0.25) is 6.08 Å². The zero-order valence-electron chi connectivity index (χ0n) is 10.5. The van der Waals surface area contributed by atoms with Crippen molar-refractivity contribution in [2.24, 2.45) is 0 Å². The average Bonchev–Trinajstić information content (AvgIpc) is 2.59. The Bertz CT molecular complexity index is 309. The van der Waals surface area contributed by atoms with E-state index in [0.717, 1.165) is 12.8 Å². The van der Waals surface area contributed by atoms with E-state index in [1.165, 1.54) is 11.1 Å². The SMILES string of the molecule is [C-]1=C(Cc2ccccc2)C=CC1.[CH3-].[CH3-].[CH3-].[Hf+4]. The molecule has 0 radical (unpaired) electrons. The molecule has 1 aromatic rings. The normalized spacial score (nSPS) is 11.1. The van der Waals surface area contributed by atoms with Crippen LogP contribution in [0.3, 0.4) is 0 Å². The Hall–Kier alpha value is -0.430. The third kappa shape index (κ3) is 6.22. The van der Waals surface area contributed by atoms with Crippen molar-refractivity contribution in [2.45, 2.75) is 12.8 Å². The minimum Gasteiger partial charge on any atom is -0.358 e. The first-order chi connectivity index (χ1) is 5.95. The molecule has 0 bridgehead atoms. The molecule has 2 rings (SSSR count). The van der Waals surface area contributed by atoms with Crippen molar-refractivity contribution in [2.75, 3.05) is 0 Å². The Morgan fingerprint density at radius 3 is 2.12 bits per heavy atom. The molecule has 0 saturated heterocycles. The van der Waals surface area contributed by atoms with Crippen LogP contribution in [0.15, 0.2) is 48.1 Å². The van der Waals surface area contributed by atoms with Gasteiger partial charge in [-0.15, -0.1) is 6.42 Å². The van der Waals surface area contributed by atoms with Crippen LogP contribution in [0.1, 0.15) is 12.0 Å². The maximum absolute atomic E-state index is 3.31. The minimum atomic E-state index is 0. The van der Waals surface area contributed by atoms with Gasteiger partial charge in [0.05, 0.1) is 0 Å². The topological polar surface area (TPSA) is 0 Å². The molecule has 1 aromatic carbocycles. The van der Waals surface area contributed by atoms with Gasteiger partial charge in [0.25, 0.3) is 0 Å². The zero-order valence-corrected chi connectivity index (χ0v) is 14.0. The molecular weight excluding hydrogens is 359 g/mol. The van der Waals surface area contributed by atoms with Gasteiger partial charge in [0.2, 0.25) is 0 Å². The molecule has 0 spiro atoms. The second-order valence-corrected chi connectivity index (χ2v) is 2.97. The molecule has 0 N–H and O–H groups in total. The van der Waals surface area contributed by atoms with E-state index < -0.39 is 0 Å². The van der Waals surface area contributed by atoms with Crippen molar-refractivity contribution >= 4 is 0 Å². The quantitative estimate of drug-likeness (QED) is 0.532. The number of hydrogen-bond acceptors (Lipinski definition) is 0. The van der Waals surface area contributed by atoms with Crippen molar-refractivity contribution in [3.05, 3.63) is 82.0 Å². The molecule has 16 heavy (non-hydrogen) atoms. The molecule has 0 atom stereocenters. The smallest absolute Gasteiger partial charge is 0.358 e. The van der Waals surface area contributed by atoms with Crippen LogP contribution < -0.4 is 0 Å². The molecule has 84 valence electrons. The fourth-order valence-electron chi connectivity index (χ4n) is 1.39. The van der Waals surface area contributed by atoms with Gasteiger partial charge in [-0.25, -0.2) is 11.6 Å². The number of benzene rings is 1. The van der Waals surface area contributed by atoms with E-state index in [1.54, 1.807) is 0 Å². The monoisotopic (exact) mass is 380 g/mol. The van der Waals surface area contributed by atoms with Gasteiger partial charge in [-0.05, 0) is 12.0 Å². The summed E-state index contributed by atoms with van der Waals surface area (Å²) >= 11 is 0. The van der Waals surface area contributed by atoms with E-state index in [4.69, 9.17) is 0 Å². The van der Waals surface area contributed by atoms with Gasteiger partial charge in [-0.2, -0.15) is 6.08 Å². The van der Waals surface area contributed by atoms with Gasteiger partial charge in [0, 0.05) is 0 Å². The summed E-state index contributed by atoms with van der Waals surface area (Å²) in [7, 11) is 0. The van der Waals surface area contributed by atoms with Crippen molar-refractivity contribution in [3.63, 3.8) is 0 Å². The van der Waals surface area contributed by atoms with Crippen LogP contribution in [-0.4, -0.2) is 0 Å². The Labute approximate surface area is 120 Å². The van der Waals surface area contributed by atoms with Crippen LogP contribution >= 0.6 is 0 Å². The maximum Gasteiger partial charge on any atom is 4.00 e. The maximum atomic E-state index is 3.31. The first-order valence-electron chi connectivity index (χ1n) is 4.25. The summed E-state index contributed by atoms with van der Waals surface area (Å²) in [5, 5.41) is 0. The zero-order chi connectivity index (χ0) is 8.23. The predicted molar refractivity (Wildman–Crippen MR) is 69.9 cm³/mol. The third-order valence-electron chi connectivity index (χ3n) is 2.00. The Kier molecular flexibility index (Phi) is 14.5. The van der Waals surface area contributed by atoms with E-state index in [1.807, 2.05) is 6.07 Å². The summed E-state index contributed by atoms with van der Waals surface area (Å²) < 4.78 is 0. The van der Waals surface area contributed by atoms with Crippen molar-refractivity contribution in [1.29, 1.82) is 0 Å². The minimum absolute atomic E-state index is 0. The number of hydrogen-bond donors (Lipinski definition) is 0. The first kappa shape index (κ1) is 20.9. The second-order valence-electron chi connectivity index (χ2n) is 2.97. The van der Waals surface area contributed by atoms with E-state index >= 15 is 0 Å². The van der Waals surface area contributed by atoms with Gasteiger partial charge >= 0.3 is 25.8 Å². The summed E-state index contributed by atoms with van der Waals surface area (Å²) in [5.74, 6) is 0. The molecule has 1 aliphatic carbocycles. The summed E-state index contributed by atoms with van der Waals surface area (Å²) in [6, 6.07) is 10.5. The van der Waals surface area contributed by atoms with E-state index in [2.05, 4.69) is 42.5 Å². The van der Waals surface area contributed by atoms with Crippen LogP contribution in [0.5, 0.6) is 0 Å². The molecule has 1 aliphatic rings. The van der Waals surface area contributed by atoms with E-state index in [-0.39, 0.29) is 48.1 Å². The average molecular weight is 379 g/mol. The first-order valence-corrected chi connectivity index (χ1v) is 4.25. The molecule has 0 saturated carbocycles. The van der Waals surface area contributed by atoms with Crippen LogP contribution in [0, 0.1) is 28.4 Å². The molecule has 1 heteroatoms. The fraction of sp³-hybridized carbons (Fsp3) is 0.133. The molecule has 0 aromatic heterocycles. The molecule has 0 unspecified atom stereocenters. The molecule has 0 heterocycles. The van der Waals surface area contributed by atoms with Gasteiger partial charge in [0.15, 0.2) is 0 Å². The van der Waals surface area contributed by atoms with Gasteiger partial charge in [-0.1, -0.05) is 30.3 Å². The summed E-state index contributed by atoms with van der Waals surface area (Å²) in [4.78, 5) is 0. The van der Waals surface area contributed by atoms with Crippen molar-refractivity contribution in [3.8, 4) is 0 Å². The largest absolute Gasteiger partial charge is 4.00 e. The standard InChI is InChI=1S/C12H11.3CH3.Hf/c1-2-6-11(7-3-1)10-12-8-4-5-9-12;;;;/h1-4,6-8H,5,10H2;3*1H3;/q4*-1;+4. The van der Waals surface area contributed by atoms with Crippen LogP contribution in [0.4, 0.5) is 0 Å². The van der Waals surface area contributed by atoms with Gasteiger partial charge in [0.1, 0.15) is 0 Å². The summed E-state index contributed by atoms with van der Waals surface area (Å²) in [6.07, 6.45) is 9.63. The molecule has 0 nitrogen and oxygen atoms in total. The van der Waals surface area contributed by atoms with Gasteiger partial charge < -0.3 is 22.3 Å². The second kappa shape index (κ2) is 11.1. The Balaban J connectivity index is -0.000000422. The number of allylic oxidation sites excluding steroid dienone is 4. The van der Waals surface area contributed by atoms with E-state index in [9.17, 15) is 0 Å². The summed E-state index contributed by atoms with van der Waals surface area (Å²) in [6.45, 7) is 0. The molecule has 0 fully saturated rings. The Morgan fingerprint density at radius 2 is 1.62 bits per heavy atom. The van der Waals surface area contributed by atoms with Crippen LogP contribution in [-0.2, 0) is 32.3 Å². The third-order valence-corrected chi connectivity index (χ3v) is 2.00. The molecule has 0 aliphatic heterocycles. The molecular formula is C15H20Hf. The van der Waals surface area contributed by atoms with E-state index in [0.29, 0.717) is 0 Å². The van der Waals surface area contributed by atoms with Crippen molar-refractivity contribution in [1.82, 2.24) is 0 Å². The van der Waals surface area contributed by atoms with Crippen molar-refractivity contribution < 1.29 is 25.8 Å². The Morgan fingerprint density at radius 1 is 1.00 bits per heavy atom. The fourth-order valence-corrected chi connectivity index (χ4v) is 1.39. The number of rotatable bonds is 2. The summed E-state index contributed by atoms with van der Waals surface area (Å²) in [5.41, 5.74) is 2.69. The molecule has 0 amide bonds. The van der Waals surface area contributed by atoms with Crippen LogP contribution in [0.2, 0.25) is 0 Å². The van der Waals surface area contributed by atoms with Crippen LogP contribution in [0.25, 0.3) is 0 Å². The predicted octanol–water partition coefficient (Wildman–Crippen LogP) is 4.27.